The van der Waals surface area contributed by atoms with E-state index in [0.29, 0.717) is 24.4 Å². The minimum Gasteiger partial charge on any atom is -0.370 e. The normalized spacial score (nSPS) is 18.4. The molecule has 2 aromatic rings. The van der Waals surface area contributed by atoms with Gasteiger partial charge in [-0.05, 0) is 56.4 Å². The van der Waals surface area contributed by atoms with Crippen LogP contribution < -0.4 is 5.32 Å². The second kappa shape index (κ2) is 9.13. The summed E-state index contributed by atoms with van der Waals surface area (Å²) in [4.78, 5) is 20.7. The summed E-state index contributed by atoms with van der Waals surface area (Å²) in [7, 11) is 0. The number of aromatic nitrogens is 2. The quantitative estimate of drug-likeness (QED) is 0.568. The Morgan fingerprint density at radius 1 is 1.31 bits per heavy atom. The fraction of sp³-hybridized carbons (Fsp3) is 0.455. The van der Waals surface area contributed by atoms with E-state index in [1.807, 2.05) is 37.4 Å². The van der Waals surface area contributed by atoms with E-state index in [2.05, 4.69) is 20.4 Å². The maximum atomic E-state index is 11.9. The lowest BCUT2D eigenvalue weighted by Crippen LogP contribution is -2.14. The number of aliphatic imine (C=N–C) groups is 2. The predicted molar refractivity (Wildman–Crippen MR) is 115 cm³/mol. The van der Waals surface area contributed by atoms with E-state index in [9.17, 15) is 4.79 Å². The molecule has 2 aliphatic carbocycles. The molecule has 1 amide bonds. The van der Waals surface area contributed by atoms with Gasteiger partial charge < -0.3 is 10.1 Å². The maximum Gasteiger partial charge on any atom is 0.228 e. The molecule has 0 bridgehead atoms. The molecule has 152 valence electrons. The molecule has 0 unspecified atom stereocenters. The Morgan fingerprint density at radius 3 is 2.90 bits per heavy atom. The van der Waals surface area contributed by atoms with Crippen LogP contribution in [-0.4, -0.2) is 40.3 Å². The molecule has 29 heavy (non-hydrogen) atoms. The van der Waals surface area contributed by atoms with Crippen molar-refractivity contribution in [3.63, 3.8) is 0 Å². The highest BCUT2D eigenvalue weighted by molar-refractivity contribution is 5.93. The smallest absolute Gasteiger partial charge is 0.228 e. The lowest BCUT2D eigenvalue weighted by Gasteiger charge is -2.09. The molecule has 1 N–H and O–H groups in total. The fourth-order valence-electron chi connectivity index (χ4n) is 3.46. The van der Waals surface area contributed by atoms with E-state index in [0.717, 1.165) is 36.8 Å². The number of nitrogens with one attached hydrogen (secondary N) is 1. The third kappa shape index (κ3) is 5.38. The lowest BCUT2D eigenvalue weighted by molar-refractivity contribution is -0.117. The Morgan fingerprint density at radius 2 is 2.14 bits per heavy atom. The van der Waals surface area contributed by atoms with Crippen molar-refractivity contribution in [1.82, 2.24) is 9.61 Å². The average Bonchev–Trinajstić information content (AvgIpc) is 3.29. The summed E-state index contributed by atoms with van der Waals surface area (Å²) < 4.78 is 7.66. The maximum absolute atomic E-state index is 11.9. The number of pyridine rings is 1. The number of amides is 1. The van der Waals surface area contributed by atoms with Crippen molar-refractivity contribution in [2.75, 3.05) is 11.9 Å². The fourth-order valence-corrected chi connectivity index (χ4v) is 3.46. The summed E-state index contributed by atoms with van der Waals surface area (Å²) in [5.74, 6) is 1.48. The minimum atomic E-state index is 0.0618. The SMILES string of the molecule is CC=NC(COC1CCCC1)=N/C=C/c1ccn2nc(NC(=O)C3CC3)cc2c1. The van der Waals surface area contributed by atoms with E-state index in [-0.39, 0.29) is 11.8 Å². The first-order chi connectivity index (χ1) is 14.2. The second-order valence-corrected chi connectivity index (χ2v) is 7.59. The van der Waals surface area contributed by atoms with Crippen LogP contribution in [0.1, 0.15) is 51.0 Å². The molecular formula is C22H27N5O2. The first-order valence-corrected chi connectivity index (χ1v) is 10.3. The number of ether oxygens (including phenoxy) is 1. The molecule has 0 saturated heterocycles. The molecule has 7 heteroatoms. The molecule has 0 aromatic carbocycles. The summed E-state index contributed by atoms with van der Waals surface area (Å²) in [5.41, 5.74) is 1.91. The van der Waals surface area contributed by atoms with Gasteiger partial charge in [0, 0.05) is 30.6 Å². The lowest BCUT2D eigenvalue weighted by atomic mass is 10.2. The summed E-state index contributed by atoms with van der Waals surface area (Å²) >= 11 is 0. The molecule has 0 spiro atoms. The van der Waals surface area contributed by atoms with Gasteiger partial charge in [0.2, 0.25) is 5.91 Å². The Kier molecular flexibility index (Phi) is 6.14. The van der Waals surface area contributed by atoms with Crippen LogP contribution in [0.4, 0.5) is 5.82 Å². The van der Waals surface area contributed by atoms with Gasteiger partial charge in [-0.3, -0.25) is 4.79 Å². The zero-order valence-electron chi connectivity index (χ0n) is 16.8. The van der Waals surface area contributed by atoms with Gasteiger partial charge in [0.15, 0.2) is 11.7 Å². The van der Waals surface area contributed by atoms with Crippen molar-refractivity contribution in [1.29, 1.82) is 0 Å². The molecule has 2 fully saturated rings. The van der Waals surface area contributed by atoms with Crippen LogP contribution in [0.2, 0.25) is 0 Å². The number of anilines is 1. The van der Waals surface area contributed by atoms with Crippen molar-refractivity contribution >= 4 is 35.4 Å². The van der Waals surface area contributed by atoms with Gasteiger partial charge >= 0.3 is 0 Å². The molecule has 0 radical (unpaired) electrons. The summed E-state index contributed by atoms with van der Waals surface area (Å²) in [6.45, 7) is 2.31. The van der Waals surface area contributed by atoms with Crippen LogP contribution in [0, 0.1) is 5.92 Å². The monoisotopic (exact) mass is 393 g/mol. The Hall–Kier alpha value is -2.80. The molecule has 0 atom stereocenters. The third-order valence-electron chi connectivity index (χ3n) is 5.21. The molecule has 0 aliphatic heterocycles. The number of rotatable bonds is 7. The topological polar surface area (TPSA) is 80.3 Å². The zero-order chi connectivity index (χ0) is 20.1. The number of amidine groups is 1. The van der Waals surface area contributed by atoms with Gasteiger partial charge in [0.1, 0.15) is 6.61 Å². The molecule has 2 heterocycles. The number of carbonyl (C=O) groups is 1. The van der Waals surface area contributed by atoms with E-state index in [1.165, 1.54) is 12.8 Å². The number of hydrogen-bond donors (Lipinski definition) is 1. The largest absolute Gasteiger partial charge is 0.370 e. The summed E-state index contributed by atoms with van der Waals surface area (Å²) in [6.07, 6.45) is 14.3. The summed E-state index contributed by atoms with van der Waals surface area (Å²) in [6, 6.07) is 5.84. The Bertz CT molecular complexity index is 949. The standard InChI is InChI=1S/C22H27N5O2/c1-2-23-21(15-29-19-5-3-4-6-19)24-11-9-16-10-12-27-18(13-16)14-20(26-27)25-22(28)17-7-8-17/h2,9-14,17,19H,3-8,15H2,1H3,(H,25,26,28)/b11-9+,23-2?,24-21?. The van der Waals surface area contributed by atoms with Crippen molar-refractivity contribution < 1.29 is 9.53 Å². The molecule has 2 aliphatic rings. The van der Waals surface area contributed by atoms with E-state index >= 15 is 0 Å². The van der Waals surface area contributed by atoms with Crippen molar-refractivity contribution in [3.05, 3.63) is 36.2 Å². The predicted octanol–water partition coefficient (Wildman–Crippen LogP) is 4.10. The van der Waals surface area contributed by atoms with Crippen LogP contribution in [0.3, 0.4) is 0 Å². The molecule has 4 rings (SSSR count). The van der Waals surface area contributed by atoms with Crippen LogP contribution in [0.5, 0.6) is 0 Å². The van der Waals surface area contributed by atoms with Gasteiger partial charge in [-0.2, -0.15) is 5.10 Å². The Balaban J connectivity index is 1.40. The van der Waals surface area contributed by atoms with Crippen molar-refractivity contribution in [2.24, 2.45) is 15.9 Å². The Labute approximate surface area is 170 Å². The first kappa shape index (κ1) is 19.5. The molecule has 2 saturated carbocycles. The van der Waals surface area contributed by atoms with Crippen LogP contribution in [-0.2, 0) is 9.53 Å². The third-order valence-corrected chi connectivity index (χ3v) is 5.21. The van der Waals surface area contributed by atoms with Crippen LogP contribution in [0.25, 0.3) is 11.6 Å². The molecule has 2 aromatic heterocycles. The van der Waals surface area contributed by atoms with Crippen LogP contribution >= 0.6 is 0 Å². The van der Waals surface area contributed by atoms with Crippen molar-refractivity contribution in [2.45, 2.75) is 51.6 Å². The number of nitrogens with zero attached hydrogens (tertiary/aromatic N) is 4. The van der Waals surface area contributed by atoms with Gasteiger partial charge in [0.05, 0.1) is 11.6 Å². The van der Waals surface area contributed by atoms with E-state index in [1.54, 1.807) is 16.9 Å². The zero-order valence-corrected chi connectivity index (χ0v) is 16.8. The highest BCUT2D eigenvalue weighted by Crippen LogP contribution is 2.30. The number of carbonyl (C=O) groups excluding carboxylic acids is 1. The van der Waals surface area contributed by atoms with Gasteiger partial charge in [0.25, 0.3) is 0 Å². The van der Waals surface area contributed by atoms with Gasteiger partial charge in [-0.1, -0.05) is 12.8 Å². The average molecular weight is 393 g/mol. The molecular weight excluding hydrogens is 366 g/mol. The summed E-state index contributed by atoms with van der Waals surface area (Å²) in [5, 5.41) is 7.28. The van der Waals surface area contributed by atoms with Crippen molar-refractivity contribution in [3.8, 4) is 0 Å². The molecule has 7 nitrogen and oxygen atoms in total. The highest BCUT2D eigenvalue weighted by atomic mass is 16.5. The first-order valence-electron chi connectivity index (χ1n) is 10.3. The van der Waals surface area contributed by atoms with Gasteiger partial charge in [-0.15, -0.1) is 0 Å². The van der Waals surface area contributed by atoms with E-state index < -0.39 is 0 Å². The minimum absolute atomic E-state index is 0.0618. The number of fused-ring (bicyclic) bond motifs is 1. The highest BCUT2D eigenvalue weighted by Gasteiger charge is 2.30. The van der Waals surface area contributed by atoms with Gasteiger partial charge in [-0.25, -0.2) is 14.5 Å². The number of hydrogen-bond acceptors (Lipinski definition) is 4. The second-order valence-electron chi connectivity index (χ2n) is 7.59. The van der Waals surface area contributed by atoms with Crippen LogP contribution in [0.15, 0.2) is 40.6 Å². The van der Waals surface area contributed by atoms with E-state index in [4.69, 9.17) is 4.74 Å².